The van der Waals surface area contributed by atoms with Crippen molar-refractivity contribution in [2.75, 3.05) is 0 Å². The van der Waals surface area contributed by atoms with E-state index in [4.69, 9.17) is 0 Å². The fraction of sp³-hybridized carbons (Fsp3) is 0.154. The predicted octanol–water partition coefficient (Wildman–Crippen LogP) is 1.28. The molecule has 86 valence electrons. The maximum absolute atomic E-state index is 12.1. The molecule has 3 aromatic rings. The van der Waals surface area contributed by atoms with Crippen molar-refractivity contribution in [3.63, 3.8) is 0 Å². The molecule has 0 spiro atoms. The quantitative estimate of drug-likeness (QED) is 0.682. The van der Waals surface area contributed by atoms with Crippen LogP contribution in [0.1, 0.15) is 5.69 Å². The van der Waals surface area contributed by atoms with Gasteiger partial charge in [0.05, 0.1) is 17.8 Å². The Kier molecular flexibility index (Phi) is 2.06. The van der Waals surface area contributed by atoms with E-state index in [1.807, 2.05) is 34.7 Å². The van der Waals surface area contributed by atoms with Crippen LogP contribution in [0.25, 0.3) is 16.4 Å². The van der Waals surface area contributed by atoms with E-state index in [-0.39, 0.29) is 12.2 Å². The van der Waals surface area contributed by atoms with E-state index < -0.39 is 0 Å². The van der Waals surface area contributed by atoms with Crippen molar-refractivity contribution in [1.29, 1.82) is 0 Å². The van der Waals surface area contributed by atoms with Crippen LogP contribution in [0.4, 0.5) is 0 Å². The molecule has 0 unspecified atom stereocenters. The number of para-hydroxylation sites is 1. The maximum atomic E-state index is 12.1. The summed E-state index contributed by atoms with van der Waals surface area (Å²) in [6, 6.07) is 9.69. The summed E-state index contributed by atoms with van der Waals surface area (Å²) >= 11 is 0. The molecule has 1 aromatic carbocycles. The second-order valence-corrected chi connectivity index (χ2v) is 4.10. The van der Waals surface area contributed by atoms with Gasteiger partial charge in [0.1, 0.15) is 5.52 Å². The van der Waals surface area contributed by atoms with E-state index >= 15 is 0 Å². The third-order valence-corrected chi connectivity index (χ3v) is 3.14. The van der Waals surface area contributed by atoms with E-state index in [1.54, 1.807) is 13.2 Å². The molecule has 0 saturated heterocycles. The van der Waals surface area contributed by atoms with Gasteiger partial charge in [-0.2, -0.15) is 0 Å². The van der Waals surface area contributed by atoms with Crippen molar-refractivity contribution in [2.24, 2.45) is 7.05 Å². The standard InChI is InChI=1S/C13H12N2O2/c1-14-10(8-16)7-15-11-5-3-2-4-9(11)6-12(15)13(14)17/h2-7,16H,8H2,1H3. The molecule has 0 aliphatic rings. The number of aromatic nitrogens is 2. The van der Waals surface area contributed by atoms with Gasteiger partial charge in [0.25, 0.3) is 5.56 Å². The van der Waals surface area contributed by atoms with Crippen molar-refractivity contribution in [2.45, 2.75) is 6.61 Å². The molecular formula is C13H12N2O2. The summed E-state index contributed by atoms with van der Waals surface area (Å²) in [6.07, 6.45) is 1.80. The highest BCUT2D eigenvalue weighted by Crippen LogP contribution is 2.18. The first-order valence-corrected chi connectivity index (χ1v) is 5.42. The minimum Gasteiger partial charge on any atom is -0.390 e. The van der Waals surface area contributed by atoms with E-state index in [0.717, 1.165) is 10.9 Å². The molecule has 1 N–H and O–H groups in total. The summed E-state index contributed by atoms with van der Waals surface area (Å²) in [6.45, 7) is -0.145. The van der Waals surface area contributed by atoms with Crippen molar-refractivity contribution in [1.82, 2.24) is 8.97 Å². The number of benzene rings is 1. The molecule has 3 rings (SSSR count). The Morgan fingerprint density at radius 3 is 2.76 bits per heavy atom. The molecule has 2 aromatic heterocycles. The van der Waals surface area contributed by atoms with Crippen LogP contribution in [0.15, 0.2) is 41.3 Å². The number of hydrogen-bond donors (Lipinski definition) is 1. The molecule has 0 saturated carbocycles. The third-order valence-electron chi connectivity index (χ3n) is 3.14. The summed E-state index contributed by atoms with van der Waals surface area (Å²) in [7, 11) is 1.67. The van der Waals surface area contributed by atoms with Gasteiger partial charge in [0, 0.05) is 18.6 Å². The van der Waals surface area contributed by atoms with Crippen LogP contribution in [-0.4, -0.2) is 14.1 Å². The lowest BCUT2D eigenvalue weighted by Crippen LogP contribution is -2.22. The average molecular weight is 228 g/mol. The van der Waals surface area contributed by atoms with E-state index in [2.05, 4.69) is 0 Å². The largest absolute Gasteiger partial charge is 0.390 e. The van der Waals surface area contributed by atoms with Gasteiger partial charge in [-0.05, 0) is 12.1 Å². The fourth-order valence-electron chi connectivity index (χ4n) is 2.16. The summed E-state index contributed by atoms with van der Waals surface area (Å²) in [5.41, 5.74) is 2.12. The van der Waals surface area contributed by atoms with E-state index in [1.165, 1.54) is 4.57 Å². The van der Waals surface area contributed by atoms with Gasteiger partial charge in [-0.1, -0.05) is 18.2 Å². The Hall–Kier alpha value is -2.07. The number of nitrogens with zero attached hydrogens (tertiary/aromatic N) is 2. The maximum Gasteiger partial charge on any atom is 0.274 e. The lowest BCUT2D eigenvalue weighted by atomic mass is 10.2. The van der Waals surface area contributed by atoms with Crippen LogP contribution >= 0.6 is 0 Å². The zero-order valence-corrected chi connectivity index (χ0v) is 9.42. The Morgan fingerprint density at radius 2 is 2.00 bits per heavy atom. The molecule has 0 bridgehead atoms. The third kappa shape index (κ3) is 1.31. The molecule has 2 heterocycles. The molecule has 0 aliphatic heterocycles. The molecule has 0 fully saturated rings. The monoisotopic (exact) mass is 228 g/mol. The van der Waals surface area contributed by atoms with Gasteiger partial charge in [0.15, 0.2) is 0 Å². The van der Waals surface area contributed by atoms with E-state index in [9.17, 15) is 9.90 Å². The van der Waals surface area contributed by atoms with Crippen molar-refractivity contribution in [3.8, 4) is 0 Å². The highest BCUT2D eigenvalue weighted by Gasteiger charge is 2.09. The van der Waals surface area contributed by atoms with Crippen LogP contribution in [0.3, 0.4) is 0 Å². The van der Waals surface area contributed by atoms with Gasteiger partial charge >= 0.3 is 0 Å². The predicted molar refractivity (Wildman–Crippen MR) is 66.1 cm³/mol. The normalized spacial score (nSPS) is 11.4. The average Bonchev–Trinajstić information content (AvgIpc) is 2.72. The number of aliphatic hydroxyl groups excluding tert-OH is 1. The van der Waals surface area contributed by atoms with Gasteiger partial charge in [-0.15, -0.1) is 0 Å². The van der Waals surface area contributed by atoms with Crippen molar-refractivity contribution in [3.05, 3.63) is 52.6 Å². The van der Waals surface area contributed by atoms with Crippen LogP contribution in [0.2, 0.25) is 0 Å². The number of fused-ring (bicyclic) bond motifs is 3. The zero-order chi connectivity index (χ0) is 12.0. The Balaban J connectivity index is 2.58. The van der Waals surface area contributed by atoms with Gasteiger partial charge < -0.3 is 14.1 Å². The van der Waals surface area contributed by atoms with Gasteiger partial charge in [-0.25, -0.2) is 0 Å². The summed E-state index contributed by atoms with van der Waals surface area (Å²) in [5, 5.41) is 10.3. The second kappa shape index (κ2) is 3.46. The molecule has 0 amide bonds. The Morgan fingerprint density at radius 1 is 1.24 bits per heavy atom. The van der Waals surface area contributed by atoms with Crippen LogP contribution in [0.5, 0.6) is 0 Å². The van der Waals surface area contributed by atoms with Crippen molar-refractivity contribution >= 4 is 16.4 Å². The van der Waals surface area contributed by atoms with Crippen LogP contribution in [-0.2, 0) is 13.7 Å². The van der Waals surface area contributed by atoms with Crippen LogP contribution < -0.4 is 5.56 Å². The van der Waals surface area contributed by atoms with Crippen LogP contribution in [0, 0.1) is 0 Å². The summed E-state index contributed by atoms with van der Waals surface area (Å²) in [5.74, 6) is 0. The minimum atomic E-state index is -0.145. The molecule has 4 heteroatoms. The lowest BCUT2D eigenvalue weighted by Gasteiger charge is -2.06. The van der Waals surface area contributed by atoms with Crippen molar-refractivity contribution < 1.29 is 5.11 Å². The molecule has 0 radical (unpaired) electrons. The second-order valence-electron chi connectivity index (χ2n) is 4.10. The molecular weight excluding hydrogens is 216 g/mol. The Bertz CT molecular complexity index is 768. The minimum absolute atomic E-state index is 0.0900. The van der Waals surface area contributed by atoms with E-state index in [0.29, 0.717) is 11.2 Å². The van der Waals surface area contributed by atoms with Gasteiger partial charge in [0.2, 0.25) is 0 Å². The number of aliphatic hydroxyl groups is 1. The first kappa shape index (κ1) is 10.1. The first-order chi connectivity index (χ1) is 8.22. The first-order valence-electron chi connectivity index (χ1n) is 5.42. The molecule has 4 nitrogen and oxygen atoms in total. The highest BCUT2D eigenvalue weighted by atomic mass is 16.3. The van der Waals surface area contributed by atoms with Gasteiger partial charge in [-0.3, -0.25) is 4.79 Å². The zero-order valence-electron chi connectivity index (χ0n) is 9.42. The SMILES string of the molecule is Cn1c(CO)cn2c(cc3ccccc32)c1=O. The lowest BCUT2D eigenvalue weighted by molar-refractivity contribution is 0.270. The highest BCUT2D eigenvalue weighted by molar-refractivity contribution is 5.86. The molecule has 0 atom stereocenters. The number of hydrogen-bond acceptors (Lipinski definition) is 2. The summed E-state index contributed by atoms with van der Waals surface area (Å²) in [4.78, 5) is 12.1. The topological polar surface area (TPSA) is 46.6 Å². The smallest absolute Gasteiger partial charge is 0.274 e. The fourth-order valence-corrected chi connectivity index (χ4v) is 2.16. The molecule has 0 aliphatic carbocycles. The summed E-state index contributed by atoms with van der Waals surface area (Å²) < 4.78 is 3.32. The number of rotatable bonds is 1. The Labute approximate surface area is 97.3 Å². The molecule has 17 heavy (non-hydrogen) atoms.